The van der Waals surface area contributed by atoms with E-state index in [0.29, 0.717) is 31.6 Å². The number of nitrogens with one attached hydrogen (secondary N) is 1. The number of rotatable bonds is 10. The normalized spacial score (nSPS) is 11.3. The monoisotopic (exact) mass is 416 g/mol. The van der Waals surface area contributed by atoms with Crippen LogP contribution in [0.15, 0.2) is 42.5 Å². The van der Waals surface area contributed by atoms with Crippen LogP contribution in [-0.2, 0) is 21.2 Å². The van der Waals surface area contributed by atoms with Gasteiger partial charge in [0.1, 0.15) is 0 Å². The number of benzene rings is 2. The Morgan fingerprint density at radius 1 is 0.931 bits per heavy atom. The molecule has 6 heteroatoms. The summed E-state index contributed by atoms with van der Waals surface area (Å²) >= 11 is 0. The lowest BCUT2D eigenvalue weighted by molar-refractivity contribution is -0.121. The van der Waals surface area contributed by atoms with E-state index in [-0.39, 0.29) is 5.91 Å². The van der Waals surface area contributed by atoms with Gasteiger partial charge in [0.2, 0.25) is 15.9 Å². The minimum Gasteiger partial charge on any atom is -0.356 e. The summed E-state index contributed by atoms with van der Waals surface area (Å²) in [6, 6.07) is 14.1. The van der Waals surface area contributed by atoms with E-state index in [4.69, 9.17) is 0 Å². The fraction of sp³-hybridized carbons (Fsp3) is 0.435. The van der Waals surface area contributed by atoms with E-state index in [1.165, 1.54) is 21.7 Å². The lowest BCUT2D eigenvalue weighted by Gasteiger charge is -2.23. The summed E-state index contributed by atoms with van der Waals surface area (Å²) in [5, 5.41) is 2.93. The fourth-order valence-corrected chi connectivity index (χ4v) is 4.28. The SMILES string of the molecule is Cc1ccc(CCCNC(=O)CCCN(c2cc(C)cc(C)c2)S(C)(=O)=O)cc1. The number of carbonyl (C=O) groups is 1. The molecule has 0 saturated carbocycles. The Hall–Kier alpha value is -2.34. The molecule has 0 unspecified atom stereocenters. The second-order valence-corrected chi connectivity index (χ2v) is 9.63. The average Bonchev–Trinajstić information content (AvgIpc) is 2.62. The first-order valence-electron chi connectivity index (χ1n) is 10.0. The smallest absolute Gasteiger partial charge is 0.232 e. The topological polar surface area (TPSA) is 66.5 Å². The summed E-state index contributed by atoms with van der Waals surface area (Å²) in [4.78, 5) is 12.1. The molecular weight excluding hydrogens is 384 g/mol. The average molecular weight is 417 g/mol. The molecule has 0 atom stereocenters. The number of hydrogen-bond donors (Lipinski definition) is 1. The molecule has 2 aromatic rings. The molecule has 0 aliphatic heterocycles. The Balaban J connectivity index is 1.78. The highest BCUT2D eigenvalue weighted by Crippen LogP contribution is 2.21. The van der Waals surface area contributed by atoms with E-state index in [0.717, 1.165) is 24.0 Å². The molecule has 0 radical (unpaired) electrons. The van der Waals surface area contributed by atoms with Gasteiger partial charge < -0.3 is 5.32 Å². The molecular formula is C23H32N2O3S. The van der Waals surface area contributed by atoms with Crippen molar-refractivity contribution in [3.05, 3.63) is 64.7 Å². The lowest BCUT2D eigenvalue weighted by Crippen LogP contribution is -2.32. The lowest BCUT2D eigenvalue weighted by atomic mass is 10.1. The number of sulfonamides is 1. The minimum atomic E-state index is -3.40. The molecule has 5 nitrogen and oxygen atoms in total. The summed E-state index contributed by atoms with van der Waals surface area (Å²) < 4.78 is 25.8. The predicted molar refractivity (Wildman–Crippen MR) is 120 cm³/mol. The molecule has 0 aromatic heterocycles. The van der Waals surface area contributed by atoms with Gasteiger partial charge in [-0.1, -0.05) is 35.9 Å². The largest absolute Gasteiger partial charge is 0.356 e. The summed E-state index contributed by atoms with van der Waals surface area (Å²) in [5.41, 5.74) is 5.19. The van der Waals surface area contributed by atoms with Crippen LogP contribution in [0.1, 0.15) is 41.5 Å². The fourth-order valence-electron chi connectivity index (χ4n) is 3.33. The Morgan fingerprint density at radius 2 is 1.55 bits per heavy atom. The van der Waals surface area contributed by atoms with Gasteiger partial charge in [0.25, 0.3) is 0 Å². The predicted octanol–water partition coefficient (Wildman–Crippen LogP) is 3.91. The van der Waals surface area contributed by atoms with Crippen LogP contribution in [0.2, 0.25) is 0 Å². The van der Waals surface area contributed by atoms with Crippen molar-refractivity contribution in [3.63, 3.8) is 0 Å². The number of amides is 1. The van der Waals surface area contributed by atoms with E-state index in [9.17, 15) is 13.2 Å². The quantitative estimate of drug-likeness (QED) is 0.597. The molecule has 0 bridgehead atoms. The second kappa shape index (κ2) is 10.4. The number of anilines is 1. The number of hydrogen-bond acceptors (Lipinski definition) is 3. The van der Waals surface area contributed by atoms with Crippen molar-refractivity contribution >= 4 is 21.6 Å². The molecule has 1 amide bonds. The van der Waals surface area contributed by atoms with Crippen LogP contribution in [0, 0.1) is 20.8 Å². The summed E-state index contributed by atoms with van der Waals surface area (Å²) in [5.74, 6) is -0.0391. The van der Waals surface area contributed by atoms with Crippen molar-refractivity contribution in [2.45, 2.75) is 46.5 Å². The van der Waals surface area contributed by atoms with Crippen molar-refractivity contribution < 1.29 is 13.2 Å². The molecule has 1 N–H and O–H groups in total. The van der Waals surface area contributed by atoms with Crippen LogP contribution in [0.4, 0.5) is 5.69 Å². The molecule has 0 fully saturated rings. The van der Waals surface area contributed by atoms with Gasteiger partial charge in [-0.15, -0.1) is 0 Å². The van der Waals surface area contributed by atoms with Crippen LogP contribution >= 0.6 is 0 Å². The molecule has 29 heavy (non-hydrogen) atoms. The maximum atomic E-state index is 12.2. The van der Waals surface area contributed by atoms with E-state index in [1.807, 2.05) is 32.0 Å². The molecule has 0 aliphatic rings. The van der Waals surface area contributed by atoms with Crippen molar-refractivity contribution in [1.29, 1.82) is 0 Å². The molecule has 0 spiro atoms. The van der Waals surface area contributed by atoms with Gasteiger partial charge in [-0.2, -0.15) is 0 Å². The van der Waals surface area contributed by atoms with Gasteiger partial charge in [-0.3, -0.25) is 9.10 Å². The zero-order valence-corrected chi connectivity index (χ0v) is 18.7. The zero-order chi connectivity index (χ0) is 21.4. The molecule has 158 valence electrons. The van der Waals surface area contributed by atoms with Gasteiger partial charge in [0, 0.05) is 19.5 Å². The molecule has 2 aromatic carbocycles. The maximum absolute atomic E-state index is 12.2. The van der Waals surface area contributed by atoms with Gasteiger partial charge >= 0.3 is 0 Å². The van der Waals surface area contributed by atoms with Crippen molar-refractivity contribution in [2.24, 2.45) is 0 Å². The summed E-state index contributed by atoms with van der Waals surface area (Å²) in [6.07, 6.45) is 3.79. The zero-order valence-electron chi connectivity index (χ0n) is 17.9. The van der Waals surface area contributed by atoms with Gasteiger partial charge in [0.05, 0.1) is 11.9 Å². The van der Waals surface area contributed by atoms with Gasteiger partial charge in [-0.05, 0) is 68.9 Å². The highest BCUT2D eigenvalue weighted by Gasteiger charge is 2.18. The Labute approximate surface area is 175 Å². The van der Waals surface area contributed by atoms with Crippen molar-refractivity contribution in [1.82, 2.24) is 5.32 Å². The summed E-state index contributed by atoms with van der Waals surface area (Å²) in [6.45, 7) is 6.87. The van der Waals surface area contributed by atoms with Crippen LogP contribution < -0.4 is 9.62 Å². The Morgan fingerprint density at radius 3 is 2.14 bits per heavy atom. The van der Waals surface area contributed by atoms with Crippen LogP contribution in [0.25, 0.3) is 0 Å². The van der Waals surface area contributed by atoms with E-state index in [1.54, 1.807) is 0 Å². The second-order valence-electron chi connectivity index (χ2n) is 7.72. The molecule has 0 saturated heterocycles. The molecule has 0 aliphatic carbocycles. The van der Waals surface area contributed by atoms with Crippen LogP contribution in [-0.4, -0.2) is 33.7 Å². The van der Waals surface area contributed by atoms with Crippen LogP contribution in [0.5, 0.6) is 0 Å². The third-order valence-corrected chi connectivity index (χ3v) is 5.94. The number of carbonyl (C=O) groups excluding carboxylic acids is 1. The maximum Gasteiger partial charge on any atom is 0.232 e. The standard InChI is InChI=1S/C23H32N2O3S/c1-18-9-11-21(12-10-18)7-5-13-24-23(26)8-6-14-25(29(4,27)28)22-16-19(2)15-20(3)17-22/h9-12,15-17H,5-8,13-14H2,1-4H3,(H,24,26). The van der Waals surface area contributed by atoms with Crippen LogP contribution in [0.3, 0.4) is 0 Å². The molecule has 0 heterocycles. The highest BCUT2D eigenvalue weighted by molar-refractivity contribution is 7.92. The van der Waals surface area contributed by atoms with Gasteiger partial charge in [0.15, 0.2) is 0 Å². The van der Waals surface area contributed by atoms with Gasteiger partial charge in [-0.25, -0.2) is 8.42 Å². The highest BCUT2D eigenvalue weighted by atomic mass is 32.2. The van der Waals surface area contributed by atoms with Crippen molar-refractivity contribution in [3.8, 4) is 0 Å². The molecule has 2 rings (SSSR count). The van der Waals surface area contributed by atoms with E-state index in [2.05, 4.69) is 36.5 Å². The number of aryl methyl sites for hydroxylation is 4. The third kappa shape index (κ3) is 7.89. The van der Waals surface area contributed by atoms with E-state index >= 15 is 0 Å². The number of nitrogens with zero attached hydrogens (tertiary/aromatic N) is 1. The summed E-state index contributed by atoms with van der Waals surface area (Å²) in [7, 11) is -3.40. The third-order valence-electron chi connectivity index (χ3n) is 4.74. The Kier molecular flexibility index (Phi) is 8.26. The van der Waals surface area contributed by atoms with E-state index < -0.39 is 10.0 Å². The first kappa shape index (κ1) is 22.9. The minimum absolute atomic E-state index is 0.0391. The first-order chi connectivity index (χ1) is 13.6. The first-order valence-corrected chi connectivity index (χ1v) is 11.9. The Bertz CT molecular complexity index is 901. The van der Waals surface area contributed by atoms with Crippen molar-refractivity contribution in [2.75, 3.05) is 23.7 Å².